The van der Waals surface area contributed by atoms with Crippen molar-refractivity contribution in [3.8, 4) is 11.5 Å². The monoisotopic (exact) mass is 334 g/mol. The summed E-state index contributed by atoms with van der Waals surface area (Å²) in [6, 6.07) is 14.2. The zero-order valence-corrected chi connectivity index (χ0v) is 14.1. The summed E-state index contributed by atoms with van der Waals surface area (Å²) in [5.41, 5.74) is 6.53. The van der Waals surface area contributed by atoms with Crippen molar-refractivity contribution in [2.24, 2.45) is 0 Å². The molecule has 0 spiro atoms. The highest BCUT2D eigenvalue weighted by molar-refractivity contribution is 5.84. The highest BCUT2D eigenvalue weighted by Gasteiger charge is 2.20. The molecule has 1 aliphatic carbocycles. The number of benzene rings is 2. The Morgan fingerprint density at radius 3 is 1.80 bits per heavy atom. The lowest BCUT2D eigenvalue weighted by Gasteiger charge is -2.15. The number of allylic oxidation sites excluding steroid dienone is 4. The van der Waals surface area contributed by atoms with Crippen molar-refractivity contribution in [3.63, 3.8) is 0 Å². The predicted octanol–water partition coefficient (Wildman–Crippen LogP) is 4.56. The van der Waals surface area contributed by atoms with E-state index in [1.807, 2.05) is 24.3 Å². The predicted molar refractivity (Wildman–Crippen MR) is 100 cm³/mol. The third-order valence-corrected chi connectivity index (χ3v) is 4.32. The number of hydrogen-bond acceptors (Lipinski definition) is 3. The molecular weight excluding hydrogens is 312 g/mol. The van der Waals surface area contributed by atoms with Gasteiger partial charge in [0.1, 0.15) is 11.5 Å². The minimum atomic E-state index is 0.131. The minimum absolute atomic E-state index is 0.131. The van der Waals surface area contributed by atoms with Gasteiger partial charge in [0.15, 0.2) is 0 Å². The molecule has 3 rings (SSSR count). The van der Waals surface area contributed by atoms with E-state index in [0.29, 0.717) is 6.42 Å². The molecule has 128 valence electrons. The lowest BCUT2D eigenvalue weighted by molar-refractivity contribution is 0.289. The Morgan fingerprint density at radius 1 is 0.920 bits per heavy atom. The van der Waals surface area contributed by atoms with E-state index in [-0.39, 0.29) is 18.1 Å². The van der Waals surface area contributed by atoms with E-state index in [0.717, 1.165) is 40.7 Å². The van der Waals surface area contributed by atoms with Gasteiger partial charge in [-0.05, 0) is 76.9 Å². The molecule has 0 atom stereocenters. The van der Waals surface area contributed by atoms with Crippen molar-refractivity contribution >= 4 is 5.57 Å². The summed E-state index contributed by atoms with van der Waals surface area (Å²) in [5, 5.41) is 28.5. The van der Waals surface area contributed by atoms with E-state index in [4.69, 9.17) is 0 Å². The van der Waals surface area contributed by atoms with Crippen LogP contribution in [-0.4, -0.2) is 21.9 Å². The molecule has 1 saturated carbocycles. The smallest absolute Gasteiger partial charge is 0.115 e. The molecule has 25 heavy (non-hydrogen) atoms. The van der Waals surface area contributed by atoms with Crippen molar-refractivity contribution in [3.05, 3.63) is 89.0 Å². The Balaban J connectivity index is 2.16. The molecule has 0 radical (unpaired) electrons. The second-order valence-electron chi connectivity index (χ2n) is 6.27. The number of phenolic OH excluding ortho intramolecular Hbond substituents is 2. The van der Waals surface area contributed by atoms with Gasteiger partial charge in [-0.1, -0.05) is 36.9 Å². The average molecular weight is 334 g/mol. The van der Waals surface area contributed by atoms with Gasteiger partial charge in [0.2, 0.25) is 0 Å². The summed E-state index contributed by atoms with van der Waals surface area (Å²) in [5.74, 6) is 0.444. The molecule has 0 aromatic heterocycles. The SMILES string of the molecule is C=C1C/C1=C/C(CCCO)=C(c1ccc(O)cc1)c1ccc(O)cc1. The summed E-state index contributed by atoms with van der Waals surface area (Å²) in [6.45, 7) is 4.13. The molecule has 0 heterocycles. The van der Waals surface area contributed by atoms with E-state index in [1.54, 1.807) is 24.3 Å². The van der Waals surface area contributed by atoms with E-state index >= 15 is 0 Å². The van der Waals surface area contributed by atoms with E-state index in [2.05, 4.69) is 12.7 Å². The van der Waals surface area contributed by atoms with Crippen LogP contribution in [0.5, 0.6) is 11.5 Å². The summed E-state index contributed by atoms with van der Waals surface area (Å²) in [4.78, 5) is 0. The fourth-order valence-corrected chi connectivity index (χ4v) is 2.88. The van der Waals surface area contributed by atoms with Crippen LogP contribution in [0, 0.1) is 0 Å². The van der Waals surface area contributed by atoms with Gasteiger partial charge in [-0.3, -0.25) is 0 Å². The molecule has 0 amide bonds. The highest BCUT2D eigenvalue weighted by Crippen LogP contribution is 2.39. The van der Waals surface area contributed by atoms with Crippen LogP contribution in [-0.2, 0) is 0 Å². The number of aromatic hydroxyl groups is 2. The molecule has 0 aliphatic heterocycles. The Bertz CT molecular complexity index is 777. The second-order valence-corrected chi connectivity index (χ2v) is 6.27. The standard InChI is InChI=1S/C22H22O3/c1-15-13-19(15)14-18(3-2-12-23)22(16-4-8-20(24)9-5-16)17-6-10-21(25)11-7-17/h4-11,14,23-25H,1-3,12-13H2/b19-14-. The van der Waals surface area contributed by atoms with Gasteiger partial charge in [-0.25, -0.2) is 0 Å². The molecule has 2 aromatic rings. The van der Waals surface area contributed by atoms with Gasteiger partial charge < -0.3 is 15.3 Å². The molecule has 0 bridgehead atoms. The maximum atomic E-state index is 9.61. The molecule has 3 nitrogen and oxygen atoms in total. The van der Waals surface area contributed by atoms with E-state index in [1.165, 1.54) is 5.57 Å². The van der Waals surface area contributed by atoms with Crippen molar-refractivity contribution in [2.75, 3.05) is 6.61 Å². The first-order valence-electron chi connectivity index (χ1n) is 8.40. The lowest BCUT2D eigenvalue weighted by atomic mass is 9.90. The quantitative estimate of drug-likeness (QED) is 0.726. The van der Waals surface area contributed by atoms with E-state index < -0.39 is 0 Å². The van der Waals surface area contributed by atoms with E-state index in [9.17, 15) is 15.3 Å². The number of aliphatic hydroxyl groups is 1. The number of rotatable bonds is 6. The van der Waals surface area contributed by atoms with Crippen LogP contribution in [0.2, 0.25) is 0 Å². The molecule has 0 saturated heterocycles. The van der Waals surface area contributed by atoms with Gasteiger partial charge in [0.25, 0.3) is 0 Å². The molecule has 3 N–H and O–H groups in total. The Hall–Kier alpha value is -2.78. The number of phenols is 2. The van der Waals surface area contributed by atoms with Crippen molar-refractivity contribution < 1.29 is 15.3 Å². The van der Waals surface area contributed by atoms with Crippen LogP contribution in [0.15, 0.2) is 77.9 Å². The topological polar surface area (TPSA) is 60.7 Å². The first-order chi connectivity index (χ1) is 12.1. The molecule has 1 fully saturated rings. The average Bonchev–Trinajstić information content (AvgIpc) is 3.31. The summed E-state index contributed by atoms with van der Waals surface area (Å²) in [7, 11) is 0. The zero-order chi connectivity index (χ0) is 17.8. The van der Waals surface area contributed by atoms with Crippen LogP contribution in [0.25, 0.3) is 5.57 Å². The molecule has 3 heteroatoms. The fourth-order valence-electron chi connectivity index (χ4n) is 2.88. The first-order valence-corrected chi connectivity index (χ1v) is 8.40. The van der Waals surface area contributed by atoms with Crippen molar-refractivity contribution in [1.29, 1.82) is 0 Å². The lowest BCUT2D eigenvalue weighted by Crippen LogP contribution is -1.95. The summed E-state index contributed by atoms with van der Waals surface area (Å²) < 4.78 is 0. The van der Waals surface area contributed by atoms with Gasteiger partial charge in [0.05, 0.1) is 0 Å². The third kappa shape index (κ3) is 4.20. The van der Waals surface area contributed by atoms with Crippen molar-refractivity contribution in [2.45, 2.75) is 19.3 Å². The molecule has 1 aliphatic rings. The van der Waals surface area contributed by atoms with Crippen LogP contribution >= 0.6 is 0 Å². The maximum absolute atomic E-state index is 9.61. The van der Waals surface area contributed by atoms with Gasteiger partial charge in [0, 0.05) is 6.61 Å². The Labute approximate surface area is 147 Å². The Kier molecular flexibility index (Phi) is 5.05. The zero-order valence-electron chi connectivity index (χ0n) is 14.1. The Morgan fingerprint density at radius 2 is 1.40 bits per heavy atom. The van der Waals surface area contributed by atoms with Crippen LogP contribution < -0.4 is 0 Å². The summed E-state index contributed by atoms with van der Waals surface area (Å²) >= 11 is 0. The summed E-state index contributed by atoms with van der Waals surface area (Å²) in [6.07, 6.45) is 4.50. The number of aliphatic hydroxyl groups excluding tert-OH is 1. The molecular formula is C22H22O3. The largest absolute Gasteiger partial charge is 0.508 e. The van der Waals surface area contributed by atoms with Crippen LogP contribution in [0.4, 0.5) is 0 Å². The van der Waals surface area contributed by atoms with Crippen LogP contribution in [0.1, 0.15) is 30.4 Å². The third-order valence-electron chi connectivity index (χ3n) is 4.32. The highest BCUT2D eigenvalue weighted by atomic mass is 16.3. The van der Waals surface area contributed by atoms with Gasteiger partial charge in [-0.15, -0.1) is 0 Å². The fraction of sp³-hybridized carbons (Fsp3) is 0.182. The van der Waals surface area contributed by atoms with Crippen LogP contribution in [0.3, 0.4) is 0 Å². The molecule has 2 aromatic carbocycles. The van der Waals surface area contributed by atoms with Gasteiger partial charge in [-0.2, -0.15) is 0 Å². The van der Waals surface area contributed by atoms with Gasteiger partial charge >= 0.3 is 0 Å². The first kappa shape index (κ1) is 17.1. The second kappa shape index (κ2) is 7.41. The minimum Gasteiger partial charge on any atom is -0.508 e. The number of hydrogen-bond donors (Lipinski definition) is 3. The van der Waals surface area contributed by atoms with Crippen molar-refractivity contribution in [1.82, 2.24) is 0 Å². The molecule has 0 unspecified atom stereocenters. The maximum Gasteiger partial charge on any atom is 0.115 e. The normalized spacial score (nSPS) is 14.6.